The van der Waals surface area contributed by atoms with Gasteiger partial charge in [-0.3, -0.25) is 0 Å². The smallest absolute Gasteiger partial charge is 0.145 e. The summed E-state index contributed by atoms with van der Waals surface area (Å²) in [7, 11) is 2.90. The van der Waals surface area contributed by atoms with E-state index >= 15 is 0 Å². The quantitative estimate of drug-likeness (QED) is 0.476. The third kappa shape index (κ3) is 125. The zero-order chi connectivity index (χ0) is 11.5. The number of aliphatic hydroxyl groups excluding tert-OH is 3. The molecule has 0 radical (unpaired) electrons. The molecular formula is C8H26MoO4Si. The van der Waals surface area contributed by atoms with Crippen LogP contribution in [0.2, 0.25) is 0 Å². The van der Waals surface area contributed by atoms with Crippen molar-refractivity contribution in [3.05, 3.63) is 0 Å². The number of aliphatic hydroxyl groups is 3. The van der Waals surface area contributed by atoms with E-state index in [0.717, 1.165) is 31.3 Å². The second kappa shape index (κ2) is 67.6. The number of unbranched alkanes of at least 4 members (excludes halogenated alkanes) is 1. The normalized spacial score (nSPS) is 6.21. The van der Waals surface area contributed by atoms with Crippen LogP contribution in [0, 0.1) is 0 Å². The fourth-order valence-electron chi connectivity index (χ4n) is 0.289. The predicted octanol–water partition coefficient (Wildman–Crippen LogP) is -0.703. The molecule has 0 fully saturated rings. The molecule has 0 saturated heterocycles. The van der Waals surface area contributed by atoms with Gasteiger partial charge in [0.15, 0.2) is 0 Å². The monoisotopic (exact) mass is 312 g/mol. The van der Waals surface area contributed by atoms with Crippen LogP contribution in [0.3, 0.4) is 0 Å². The molecule has 3 N–H and O–H groups in total. The summed E-state index contributed by atoms with van der Waals surface area (Å²) in [5.74, 6) is 0. The van der Waals surface area contributed by atoms with E-state index in [0.29, 0.717) is 0 Å². The summed E-state index contributed by atoms with van der Waals surface area (Å²) in [6, 6.07) is 0. The second-order valence-corrected chi connectivity index (χ2v) is 2.24. The van der Waals surface area contributed by atoms with Gasteiger partial charge in [0.25, 0.3) is 0 Å². The molecule has 6 heteroatoms. The summed E-state index contributed by atoms with van der Waals surface area (Å²) in [6.45, 7) is 5.07. The molecule has 0 aliphatic carbocycles. The van der Waals surface area contributed by atoms with E-state index < -0.39 is 0 Å². The molecule has 0 aliphatic rings. The van der Waals surface area contributed by atoms with Crippen molar-refractivity contribution in [2.45, 2.75) is 26.7 Å². The topological polar surface area (TPSA) is 69.9 Å². The van der Waals surface area contributed by atoms with Gasteiger partial charge in [-0.1, -0.05) is 13.3 Å². The SMILES string of the molecule is CCCCO[SiH3].CCO.CO.CO.[Mo]. The third-order valence-electron chi connectivity index (χ3n) is 0.702. The molecule has 0 unspecified atom stereocenters. The minimum atomic E-state index is 0. The van der Waals surface area contributed by atoms with E-state index in [-0.39, 0.29) is 27.7 Å². The largest absolute Gasteiger partial charge is 0.428 e. The average Bonchev–Trinajstić information content (AvgIpc) is 2.22. The molecule has 0 bridgehead atoms. The Kier molecular flexibility index (Phi) is 142. The van der Waals surface area contributed by atoms with Crippen LogP contribution < -0.4 is 0 Å². The fraction of sp³-hybridized carbons (Fsp3) is 1.00. The molecule has 0 spiro atoms. The van der Waals surface area contributed by atoms with Crippen molar-refractivity contribution in [3.8, 4) is 0 Å². The molecule has 0 rings (SSSR count). The van der Waals surface area contributed by atoms with Gasteiger partial charge in [0.1, 0.15) is 10.5 Å². The first-order valence-corrected chi connectivity index (χ1v) is 5.14. The first kappa shape index (κ1) is 29.3. The van der Waals surface area contributed by atoms with Crippen LogP contribution in [0.25, 0.3) is 0 Å². The first-order chi connectivity index (χ1) is 6.33. The molecule has 0 aromatic rings. The molecule has 0 aromatic carbocycles. The maximum absolute atomic E-state index is 7.57. The van der Waals surface area contributed by atoms with Gasteiger partial charge in [-0.25, -0.2) is 0 Å². The Morgan fingerprint density at radius 2 is 1.36 bits per heavy atom. The summed E-state index contributed by atoms with van der Waals surface area (Å²) < 4.78 is 4.92. The van der Waals surface area contributed by atoms with E-state index in [4.69, 9.17) is 19.7 Å². The van der Waals surface area contributed by atoms with Crippen molar-refractivity contribution in [2.75, 3.05) is 27.4 Å². The standard InChI is InChI=1S/C4H12OSi.C2H6O.2CH4O.Mo/c1-2-3-4-5-6;1-2-3;2*1-2;/h2-4H2,1,6H3;3H,2H2,1H3;2*2H,1H3;. The molecule has 0 amide bonds. The fourth-order valence-corrected chi connectivity index (χ4v) is 0.577. The third-order valence-corrected chi connectivity index (χ3v) is 1.11. The van der Waals surface area contributed by atoms with Gasteiger partial charge in [-0.15, -0.1) is 0 Å². The van der Waals surface area contributed by atoms with Crippen LogP contribution in [0.1, 0.15) is 26.7 Å². The molecule has 0 atom stereocenters. The Morgan fingerprint density at radius 1 is 1.07 bits per heavy atom. The van der Waals surface area contributed by atoms with Gasteiger partial charge in [0.05, 0.1) is 0 Å². The summed E-state index contributed by atoms with van der Waals surface area (Å²) in [6.07, 6.45) is 2.48. The van der Waals surface area contributed by atoms with Crippen molar-refractivity contribution >= 4 is 10.5 Å². The number of hydrogen-bond acceptors (Lipinski definition) is 4. The van der Waals surface area contributed by atoms with Crippen molar-refractivity contribution < 1.29 is 40.8 Å². The van der Waals surface area contributed by atoms with E-state index in [9.17, 15) is 0 Å². The second-order valence-electron chi connectivity index (χ2n) is 1.66. The van der Waals surface area contributed by atoms with Crippen molar-refractivity contribution in [1.82, 2.24) is 0 Å². The average molecular weight is 310 g/mol. The van der Waals surface area contributed by atoms with E-state index in [1.54, 1.807) is 6.92 Å². The van der Waals surface area contributed by atoms with Crippen LogP contribution in [-0.4, -0.2) is 53.2 Å². The Bertz CT molecular complexity index is 40.5. The van der Waals surface area contributed by atoms with Gasteiger partial charge in [-0.05, 0) is 13.3 Å². The molecule has 0 aromatic heterocycles. The van der Waals surface area contributed by atoms with E-state index in [1.165, 1.54) is 12.8 Å². The van der Waals surface area contributed by atoms with E-state index in [1.807, 2.05) is 0 Å². The molecule has 0 saturated carbocycles. The molecule has 92 valence electrons. The van der Waals surface area contributed by atoms with Crippen LogP contribution in [-0.2, 0) is 25.5 Å². The van der Waals surface area contributed by atoms with Crippen LogP contribution in [0.5, 0.6) is 0 Å². The number of hydrogen-bond donors (Lipinski definition) is 3. The van der Waals surface area contributed by atoms with Crippen molar-refractivity contribution in [1.29, 1.82) is 0 Å². The van der Waals surface area contributed by atoms with Crippen LogP contribution >= 0.6 is 0 Å². The Hall–Kier alpha value is 0.745. The molecule has 0 heterocycles. The van der Waals surface area contributed by atoms with Crippen molar-refractivity contribution in [3.63, 3.8) is 0 Å². The summed E-state index contributed by atoms with van der Waals surface area (Å²) in [5.41, 5.74) is 0. The van der Waals surface area contributed by atoms with Crippen molar-refractivity contribution in [2.24, 2.45) is 0 Å². The van der Waals surface area contributed by atoms with E-state index in [2.05, 4.69) is 6.92 Å². The maximum atomic E-state index is 7.57. The minimum absolute atomic E-state index is 0. The Morgan fingerprint density at radius 3 is 1.43 bits per heavy atom. The van der Waals surface area contributed by atoms with Gasteiger partial charge in [-0.2, -0.15) is 0 Å². The zero-order valence-electron chi connectivity index (χ0n) is 9.99. The van der Waals surface area contributed by atoms with Crippen LogP contribution in [0.4, 0.5) is 0 Å². The molecule has 0 aliphatic heterocycles. The summed E-state index contributed by atoms with van der Waals surface area (Å²) in [5, 5.41) is 21.6. The summed E-state index contributed by atoms with van der Waals surface area (Å²) in [4.78, 5) is 0. The van der Waals surface area contributed by atoms with Gasteiger partial charge in [0, 0.05) is 48.5 Å². The van der Waals surface area contributed by atoms with Gasteiger partial charge < -0.3 is 19.7 Å². The first-order valence-electron chi connectivity index (χ1n) is 4.32. The predicted molar refractivity (Wildman–Crippen MR) is 59.8 cm³/mol. The Labute approximate surface area is 105 Å². The molecule has 4 nitrogen and oxygen atoms in total. The summed E-state index contributed by atoms with van der Waals surface area (Å²) >= 11 is 0. The van der Waals surface area contributed by atoms with Gasteiger partial charge >= 0.3 is 0 Å². The maximum Gasteiger partial charge on any atom is 0.145 e. The molecule has 14 heavy (non-hydrogen) atoms. The minimum Gasteiger partial charge on any atom is -0.428 e. The number of rotatable bonds is 3. The van der Waals surface area contributed by atoms with Crippen LogP contribution in [0.15, 0.2) is 0 Å². The van der Waals surface area contributed by atoms with Gasteiger partial charge in [0.2, 0.25) is 0 Å². The Balaban J connectivity index is -0.0000000292. The zero-order valence-corrected chi connectivity index (χ0v) is 14.0. The molecular weight excluding hydrogens is 284 g/mol.